The lowest BCUT2D eigenvalue weighted by Gasteiger charge is -2.05. The molecule has 1 aromatic carbocycles. The minimum Gasteiger partial charge on any atom is -0.504 e. The Labute approximate surface area is 173 Å². The van der Waals surface area contributed by atoms with Crippen molar-refractivity contribution >= 4 is 34.5 Å². The van der Waals surface area contributed by atoms with Gasteiger partial charge in [0.2, 0.25) is 16.9 Å². The minimum atomic E-state index is -0.367. The predicted molar refractivity (Wildman–Crippen MR) is 111 cm³/mol. The van der Waals surface area contributed by atoms with Gasteiger partial charge in [0, 0.05) is 6.42 Å². The number of hydrogen-bond donors (Lipinski definition) is 3. The van der Waals surface area contributed by atoms with Crippen LogP contribution in [0, 0.1) is 0 Å². The van der Waals surface area contributed by atoms with Crippen LogP contribution < -0.4 is 15.5 Å². The predicted octanol–water partition coefficient (Wildman–Crippen LogP) is 2.85. The van der Waals surface area contributed by atoms with Crippen molar-refractivity contribution in [3.63, 3.8) is 0 Å². The number of aromatic hydroxyl groups is 1. The number of carbonyl (C=O) groups is 2. The number of aromatic nitrogens is 2. The van der Waals surface area contributed by atoms with Crippen LogP contribution in [0.5, 0.6) is 11.5 Å². The summed E-state index contributed by atoms with van der Waals surface area (Å²) in [4.78, 5) is 23.8. The first kappa shape index (κ1) is 22.3. The second-order valence-corrected chi connectivity index (χ2v) is 7.20. The molecular weight excluding hydrogens is 394 g/mol. The molecule has 0 fully saturated rings. The molecule has 0 radical (unpaired) electrons. The third-order valence-electron chi connectivity index (χ3n) is 3.72. The Morgan fingerprint density at radius 2 is 2.07 bits per heavy atom. The van der Waals surface area contributed by atoms with Crippen molar-refractivity contribution in [3.05, 3.63) is 28.8 Å². The SMILES string of the molecule is CCCCCC(=O)Nc1nnc(CC(=O)N/N=C\c2ccc(OCC)c(O)c2)s1. The molecule has 0 aliphatic heterocycles. The molecule has 2 aromatic rings. The topological polar surface area (TPSA) is 126 Å². The van der Waals surface area contributed by atoms with Crippen molar-refractivity contribution in [2.45, 2.75) is 46.0 Å². The molecule has 9 nitrogen and oxygen atoms in total. The minimum absolute atomic E-state index is 0.000238. The summed E-state index contributed by atoms with van der Waals surface area (Å²) in [6, 6.07) is 4.82. The third-order valence-corrected chi connectivity index (χ3v) is 4.56. The van der Waals surface area contributed by atoms with E-state index in [4.69, 9.17) is 4.74 Å². The Bertz CT molecular complexity index is 853. The zero-order valence-corrected chi connectivity index (χ0v) is 17.3. The number of phenols is 1. The summed E-state index contributed by atoms with van der Waals surface area (Å²) in [6.45, 7) is 4.35. The van der Waals surface area contributed by atoms with E-state index in [1.807, 2.05) is 6.92 Å². The molecule has 0 unspecified atom stereocenters. The smallest absolute Gasteiger partial charge is 0.247 e. The Morgan fingerprint density at radius 3 is 2.79 bits per heavy atom. The Balaban J connectivity index is 1.79. The summed E-state index contributed by atoms with van der Waals surface area (Å²) in [5.41, 5.74) is 3.00. The Hall–Kier alpha value is -3.01. The molecule has 1 aromatic heterocycles. The number of benzene rings is 1. The van der Waals surface area contributed by atoms with E-state index in [2.05, 4.69) is 33.0 Å². The lowest BCUT2D eigenvalue weighted by molar-refractivity contribution is -0.120. The molecule has 2 rings (SSSR count). The number of carbonyl (C=O) groups excluding carboxylic acids is 2. The number of hydrogen-bond acceptors (Lipinski definition) is 8. The van der Waals surface area contributed by atoms with Gasteiger partial charge in [0.15, 0.2) is 11.5 Å². The number of nitrogens with one attached hydrogen (secondary N) is 2. The van der Waals surface area contributed by atoms with Gasteiger partial charge in [-0.15, -0.1) is 10.2 Å². The van der Waals surface area contributed by atoms with Gasteiger partial charge >= 0.3 is 0 Å². The number of amides is 2. The lowest BCUT2D eigenvalue weighted by Crippen LogP contribution is -2.19. The molecule has 10 heteroatoms. The molecule has 3 N–H and O–H groups in total. The molecule has 0 saturated heterocycles. The van der Waals surface area contributed by atoms with Crippen LogP contribution in [0.4, 0.5) is 5.13 Å². The fraction of sp³-hybridized carbons (Fsp3) is 0.421. The molecule has 0 atom stereocenters. The highest BCUT2D eigenvalue weighted by atomic mass is 32.1. The summed E-state index contributed by atoms with van der Waals surface area (Å²) in [5, 5.41) is 25.0. The highest BCUT2D eigenvalue weighted by Crippen LogP contribution is 2.26. The van der Waals surface area contributed by atoms with Crippen molar-refractivity contribution in [1.29, 1.82) is 0 Å². The van der Waals surface area contributed by atoms with Gasteiger partial charge < -0.3 is 15.2 Å². The van der Waals surface area contributed by atoms with Crippen molar-refractivity contribution in [3.8, 4) is 11.5 Å². The second-order valence-electron chi connectivity index (χ2n) is 6.14. The van der Waals surface area contributed by atoms with Gasteiger partial charge in [-0.1, -0.05) is 31.1 Å². The van der Waals surface area contributed by atoms with Crippen LogP contribution in [0.15, 0.2) is 23.3 Å². The molecule has 0 bridgehead atoms. The maximum atomic E-state index is 12.0. The molecule has 0 spiro atoms. The van der Waals surface area contributed by atoms with Crippen molar-refractivity contribution in [1.82, 2.24) is 15.6 Å². The van der Waals surface area contributed by atoms with E-state index in [1.165, 1.54) is 12.3 Å². The molecule has 2 amide bonds. The number of rotatable bonds is 11. The highest BCUT2D eigenvalue weighted by Gasteiger charge is 2.11. The van der Waals surface area contributed by atoms with Gasteiger partial charge in [-0.25, -0.2) is 5.43 Å². The summed E-state index contributed by atoms with van der Waals surface area (Å²) in [7, 11) is 0. The van der Waals surface area contributed by atoms with E-state index < -0.39 is 0 Å². The normalized spacial score (nSPS) is 10.8. The zero-order valence-electron chi connectivity index (χ0n) is 16.5. The quantitative estimate of drug-likeness (QED) is 0.292. The van der Waals surface area contributed by atoms with Gasteiger partial charge in [0.1, 0.15) is 5.01 Å². The Morgan fingerprint density at radius 1 is 1.24 bits per heavy atom. The number of unbranched alkanes of at least 4 members (excludes halogenated alkanes) is 2. The molecule has 1 heterocycles. The first-order valence-corrected chi connectivity index (χ1v) is 10.2. The molecule has 156 valence electrons. The van der Waals surface area contributed by atoms with Gasteiger partial charge in [-0.05, 0) is 37.1 Å². The van der Waals surface area contributed by atoms with Crippen LogP contribution in [0.1, 0.15) is 50.1 Å². The van der Waals surface area contributed by atoms with E-state index in [1.54, 1.807) is 12.1 Å². The highest BCUT2D eigenvalue weighted by molar-refractivity contribution is 7.15. The van der Waals surface area contributed by atoms with E-state index in [0.717, 1.165) is 30.6 Å². The molecule has 0 aliphatic carbocycles. The van der Waals surface area contributed by atoms with Crippen LogP contribution in [0.3, 0.4) is 0 Å². The van der Waals surface area contributed by atoms with E-state index in [-0.39, 0.29) is 24.0 Å². The van der Waals surface area contributed by atoms with Gasteiger partial charge in [0.05, 0.1) is 19.2 Å². The summed E-state index contributed by atoms with van der Waals surface area (Å²) < 4.78 is 5.25. The maximum Gasteiger partial charge on any atom is 0.247 e. The number of phenolic OH excluding ortho intramolecular Hbond substituents is 1. The second kappa shape index (κ2) is 11.7. The first-order chi connectivity index (χ1) is 14.0. The van der Waals surface area contributed by atoms with Gasteiger partial charge in [-0.3, -0.25) is 9.59 Å². The molecule has 0 aliphatic rings. The number of hydrazone groups is 1. The van der Waals surface area contributed by atoms with Gasteiger partial charge in [-0.2, -0.15) is 5.10 Å². The fourth-order valence-electron chi connectivity index (χ4n) is 2.34. The standard InChI is InChI=1S/C19H25N5O4S/c1-3-5-6-7-16(26)21-19-24-23-18(29-19)11-17(27)22-20-12-13-8-9-15(28-4-2)14(25)10-13/h8-10,12,25H,3-7,11H2,1-2H3,(H,22,27)(H,21,24,26)/b20-12-. The lowest BCUT2D eigenvalue weighted by atomic mass is 10.2. The summed E-state index contributed by atoms with van der Waals surface area (Å²) >= 11 is 1.15. The van der Waals surface area contributed by atoms with Crippen molar-refractivity contribution in [2.24, 2.45) is 5.10 Å². The maximum absolute atomic E-state index is 12.0. The molecule has 29 heavy (non-hydrogen) atoms. The van der Waals surface area contributed by atoms with Crippen molar-refractivity contribution < 1.29 is 19.4 Å². The Kier molecular flexibility index (Phi) is 9.03. The van der Waals surface area contributed by atoms with Crippen LogP contribution in [0.25, 0.3) is 0 Å². The van der Waals surface area contributed by atoms with Crippen LogP contribution in [-0.4, -0.2) is 39.9 Å². The number of ether oxygens (including phenoxy) is 1. The zero-order chi connectivity index (χ0) is 21.1. The van der Waals surface area contributed by atoms with Crippen LogP contribution in [-0.2, 0) is 16.0 Å². The van der Waals surface area contributed by atoms with Crippen LogP contribution in [0.2, 0.25) is 0 Å². The summed E-state index contributed by atoms with van der Waals surface area (Å²) in [6.07, 6.45) is 4.74. The van der Waals surface area contributed by atoms with E-state index in [9.17, 15) is 14.7 Å². The summed E-state index contributed by atoms with van der Waals surface area (Å²) in [5.74, 6) is -0.0827. The van der Waals surface area contributed by atoms with E-state index >= 15 is 0 Å². The first-order valence-electron chi connectivity index (χ1n) is 9.41. The monoisotopic (exact) mass is 419 g/mol. The van der Waals surface area contributed by atoms with Crippen LogP contribution >= 0.6 is 11.3 Å². The molecule has 0 saturated carbocycles. The van der Waals surface area contributed by atoms with E-state index in [0.29, 0.717) is 34.5 Å². The number of anilines is 1. The average molecular weight is 420 g/mol. The van der Waals surface area contributed by atoms with Gasteiger partial charge in [0.25, 0.3) is 0 Å². The average Bonchev–Trinajstić information content (AvgIpc) is 3.10. The fourth-order valence-corrected chi connectivity index (χ4v) is 3.10. The third kappa shape index (κ3) is 7.86. The largest absolute Gasteiger partial charge is 0.504 e. The van der Waals surface area contributed by atoms with Crippen molar-refractivity contribution in [2.75, 3.05) is 11.9 Å². The molecular formula is C19H25N5O4S. The number of nitrogens with zero attached hydrogens (tertiary/aromatic N) is 3.